The molecule has 0 spiro atoms. The van der Waals surface area contributed by atoms with Crippen molar-refractivity contribution in [2.45, 2.75) is 52.4 Å². The minimum absolute atomic E-state index is 0.0298. The highest BCUT2D eigenvalue weighted by Gasteiger charge is 2.18. The Kier molecular flexibility index (Phi) is 6.62. The molecule has 5 heteroatoms. The maximum atomic E-state index is 12.6. The minimum Gasteiger partial charge on any atom is -0.341 e. The van der Waals surface area contributed by atoms with Gasteiger partial charge in [-0.15, -0.1) is 0 Å². The van der Waals surface area contributed by atoms with Crippen molar-refractivity contribution in [3.05, 3.63) is 18.0 Å². The van der Waals surface area contributed by atoms with E-state index in [9.17, 15) is 4.79 Å². The summed E-state index contributed by atoms with van der Waals surface area (Å²) in [6.45, 7) is 7.75. The second-order valence-corrected chi connectivity index (χ2v) is 5.94. The van der Waals surface area contributed by atoms with Gasteiger partial charge >= 0.3 is 0 Å². The van der Waals surface area contributed by atoms with Crippen molar-refractivity contribution in [2.24, 2.45) is 0 Å². The zero-order chi connectivity index (χ0) is 15.8. The van der Waals surface area contributed by atoms with Gasteiger partial charge in [-0.25, -0.2) is 9.97 Å². The van der Waals surface area contributed by atoms with E-state index in [-0.39, 0.29) is 5.91 Å². The van der Waals surface area contributed by atoms with E-state index in [2.05, 4.69) is 28.7 Å². The second-order valence-electron chi connectivity index (χ2n) is 5.94. The zero-order valence-corrected chi connectivity index (χ0v) is 13.9. The third kappa shape index (κ3) is 4.42. The molecule has 122 valence electrons. The molecule has 0 atom stereocenters. The Balaban J connectivity index is 2.13. The summed E-state index contributed by atoms with van der Waals surface area (Å²) in [4.78, 5) is 25.7. The molecule has 2 rings (SSSR count). The van der Waals surface area contributed by atoms with Gasteiger partial charge in [0.1, 0.15) is 5.69 Å². The topological polar surface area (TPSA) is 49.3 Å². The fourth-order valence-corrected chi connectivity index (χ4v) is 2.91. The third-order valence-electron chi connectivity index (χ3n) is 4.03. The molecular weight excluding hydrogens is 276 g/mol. The van der Waals surface area contributed by atoms with Crippen molar-refractivity contribution in [1.29, 1.82) is 0 Å². The number of hydrogen-bond donors (Lipinski definition) is 0. The van der Waals surface area contributed by atoms with Crippen molar-refractivity contribution >= 4 is 11.9 Å². The fraction of sp³-hybridized carbons (Fsp3) is 0.706. The van der Waals surface area contributed by atoms with Crippen LogP contribution in [0, 0.1) is 0 Å². The number of amides is 1. The lowest BCUT2D eigenvalue weighted by Crippen LogP contribution is -2.34. The summed E-state index contributed by atoms with van der Waals surface area (Å²) in [6, 6.07) is 1.74. The van der Waals surface area contributed by atoms with Gasteiger partial charge < -0.3 is 9.80 Å². The van der Waals surface area contributed by atoms with E-state index in [1.165, 1.54) is 25.7 Å². The number of aromatic nitrogens is 2. The maximum absolute atomic E-state index is 12.6. The summed E-state index contributed by atoms with van der Waals surface area (Å²) >= 11 is 0. The van der Waals surface area contributed by atoms with Crippen molar-refractivity contribution < 1.29 is 4.79 Å². The number of carbonyl (C=O) groups excluding carboxylic acids is 1. The molecule has 0 saturated carbocycles. The average molecular weight is 304 g/mol. The highest BCUT2D eigenvalue weighted by Crippen LogP contribution is 2.16. The highest BCUT2D eigenvalue weighted by atomic mass is 16.2. The number of rotatable bonds is 6. The van der Waals surface area contributed by atoms with Crippen LogP contribution in [0.15, 0.2) is 12.3 Å². The fourth-order valence-electron chi connectivity index (χ4n) is 2.91. The van der Waals surface area contributed by atoms with E-state index in [1.807, 2.05) is 4.90 Å². The van der Waals surface area contributed by atoms with Gasteiger partial charge in [-0.1, -0.05) is 26.7 Å². The van der Waals surface area contributed by atoms with E-state index in [4.69, 9.17) is 0 Å². The molecule has 1 aromatic heterocycles. The third-order valence-corrected chi connectivity index (χ3v) is 4.03. The smallest absolute Gasteiger partial charge is 0.272 e. The van der Waals surface area contributed by atoms with E-state index in [0.29, 0.717) is 11.6 Å². The Morgan fingerprint density at radius 3 is 2.36 bits per heavy atom. The number of nitrogens with zero attached hydrogens (tertiary/aromatic N) is 4. The van der Waals surface area contributed by atoms with Crippen LogP contribution in [0.1, 0.15) is 62.9 Å². The first-order valence-electron chi connectivity index (χ1n) is 8.63. The summed E-state index contributed by atoms with van der Waals surface area (Å²) in [6.07, 6.45) is 8.56. The first-order valence-corrected chi connectivity index (χ1v) is 8.63. The molecule has 1 aliphatic rings. The first kappa shape index (κ1) is 16.7. The molecule has 1 fully saturated rings. The van der Waals surface area contributed by atoms with E-state index >= 15 is 0 Å². The molecule has 0 N–H and O–H groups in total. The molecule has 0 radical (unpaired) electrons. The van der Waals surface area contributed by atoms with Gasteiger partial charge in [-0.2, -0.15) is 0 Å². The van der Waals surface area contributed by atoms with E-state index in [1.54, 1.807) is 12.3 Å². The average Bonchev–Trinajstić information content (AvgIpc) is 2.83. The number of carbonyl (C=O) groups is 1. The van der Waals surface area contributed by atoms with Gasteiger partial charge in [-0.05, 0) is 31.7 Å². The summed E-state index contributed by atoms with van der Waals surface area (Å²) in [5.74, 6) is 0.739. The largest absolute Gasteiger partial charge is 0.341 e. The van der Waals surface area contributed by atoms with Crippen molar-refractivity contribution in [3.63, 3.8) is 0 Å². The summed E-state index contributed by atoms with van der Waals surface area (Å²) < 4.78 is 0. The van der Waals surface area contributed by atoms with Crippen molar-refractivity contribution in [3.8, 4) is 0 Å². The molecule has 5 nitrogen and oxygen atoms in total. The van der Waals surface area contributed by atoms with Crippen molar-refractivity contribution in [2.75, 3.05) is 31.1 Å². The SMILES string of the molecule is CCCN(CCC)C(=O)c1ccnc(N2CCCCCC2)n1. The van der Waals surface area contributed by atoms with Crippen LogP contribution < -0.4 is 4.90 Å². The van der Waals surface area contributed by atoms with Gasteiger partial charge in [0, 0.05) is 32.4 Å². The molecule has 1 saturated heterocycles. The molecule has 0 bridgehead atoms. The van der Waals surface area contributed by atoms with Crippen LogP contribution in [0.25, 0.3) is 0 Å². The highest BCUT2D eigenvalue weighted by molar-refractivity contribution is 5.92. The van der Waals surface area contributed by atoms with Crippen LogP contribution in [-0.2, 0) is 0 Å². The second kappa shape index (κ2) is 8.71. The van der Waals surface area contributed by atoms with Crippen LogP contribution >= 0.6 is 0 Å². The molecule has 0 aliphatic carbocycles. The minimum atomic E-state index is 0.0298. The molecule has 2 heterocycles. The van der Waals surface area contributed by atoms with Gasteiger partial charge in [0.15, 0.2) is 0 Å². The van der Waals surface area contributed by atoms with Gasteiger partial charge in [0.2, 0.25) is 5.95 Å². The quantitative estimate of drug-likeness (QED) is 0.810. The summed E-state index contributed by atoms with van der Waals surface area (Å²) in [5, 5.41) is 0. The predicted molar refractivity (Wildman–Crippen MR) is 89.2 cm³/mol. The molecule has 0 aromatic carbocycles. The first-order chi connectivity index (χ1) is 10.8. The molecule has 1 amide bonds. The molecular formula is C17H28N4O. The summed E-state index contributed by atoms with van der Waals surface area (Å²) in [7, 11) is 0. The molecule has 0 unspecified atom stereocenters. The normalized spacial score (nSPS) is 15.5. The molecule has 1 aromatic rings. The van der Waals surface area contributed by atoms with Gasteiger partial charge in [0.05, 0.1) is 0 Å². The van der Waals surface area contributed by atoms with Gasteiger partial charge in [0.25, 0.3) is 5.91 Å². The van der Waals surface area contributed by atoms with E-state index < -0.39 is 0 Å². The lowest BCUT2D eigenvalue weighted by Gasteiger charge is -2.23. The Morgan fingerprint density at radius 2 is 1.77 bits per heavy atom. The Labute approximate surface area is 133 Å². The lowest BCUT2D eigenvalue weighted by molar-refractivity contribution is 0.0749. The maximum Gasteiger partial charge on any atom is 0.272 e. The van der Waals surface area contributed by atoms with Crippen molar-refractivity contribution in [1.82, 2.24) is 14.9 Å². The Hall–Kier alpha value is -1.65. The molecule has 1 aliphatic heterocycles. The van der Waals surface area contributed by atoms with Crippen LogP contribution in [0.2, 0.25) is 0 Å². The van der Waals surface area contributed by atoms with Crippen LogP contribution in [-0.4, -0.2) is 47.0 Å². The van der Waals surface area contributed by atoms with Crippen LogP contribution in [0.4, 0.5) is 5.95 Å². The van der Waals surface area contributed by atoms with Crippen LogP contribution in [0.5, 0.6) is 0 Å². The Bertz CT molecular complexity index is 463. The number of anilines is 1. The number of hydrogen-bond acceptors (Lipinski definition) is 4. The Morgan fingerprint density at radius 1 is 1.14 bits per heavy atom. The zero-order valence-electron chi connectivity index (χ0n) is 13.9. The predicted octanol–water partition coefficient (Wildman–Crippen LogP) is 3.12. The molecule has 22 heavy (non-hydrogen) atoms. The standard InChI is InChI=1S/C17H28N4O/c1-3-11-20(12-4-2)16(22)15-9-10-18-17(19-15)21-13-7-5-6-8-14-21/h9-10H,3-8,11-14H2,1-2H3. The monoisotopic (exact) mass is 304 g/mol. The van der Waals surface area contributed by atoms with E-state index in [0.717, 1.165) is 39.0 Å². The lowest BCUT2D eigenvalue weighted by atomic mass is 10.2. The summed E-state index contributed by atoms with van der Waals surface area (Å²) in [5.41, 5.74) is 0.524. The van der Waals surface area contributed by atoms with Crippen LogP contribution in [0.3, 0.4) is 0 Å². The van der Waals surface area contributed by atoms with Gasteiger partial charge in [-0.3, -0.25) is 4.79 Å².